The van der Waals surface area contributed by atoms with Gasteiger partial charge in [-0.2, -0.15) is 0 Å². The summed E-state index contributed by atoms with van der Waals surface area (Å²) in [5.74, 6) is 0.906. The molecule has 0 atom stereocenters. The summed E-state index contributed by atoms with van der Waals surface area (Å²) in [6.07, 6.45) is 9.52. The number of amides is 1. The number of benzene rings is 1. The highest BCUT2D eigenvalue weighted by atomic mass is 16.2. The number of hydrogen-bond donors (Lipinski definition) is 0. The summed E-state index contributed by atoms with van der Waals surface area (Å²) in [5.41, 5.74) is 2.58. The highest BCUT2D eigenvalue weighted by Crippen LogP contribution is 2.34. The van der Waals surface area contributed by atoms with E-state index in [2.05, 4.69) is 35.3 Å². The van der Waals surface area contributed by atoms with Gasteiger partial charge >= 0.3 is 0 Å². The first-order chi connectivity index (χ1) is 11.7. The van der Waals surface area contributed by atoms with Crippen molar-refractivity contribution >= 4 is 5.91 Å². The van der Waals surface area contributed by atoms with E-state index in [1.807, 2.05) is 30.3 Å². The van der Waals surface area contributed by atoms with Gasteiger partial charge in [0.1, 0.15) is 0 Å². The lowest BCUT2D eigenvalue weighted by atomic mass is 9.81. The Morgan fingerprint density at radius 1 is 1.08 bits per heavy atom. The van der Waals surface area contributed by atoms with E-state index in [9.17, 15) is 4.79 Å². The molecule has 0 N–H and O–H groups in total. The van der Waals surface area contributed by atoms with Crippen LogP contribution in [0.15, 0.2) is 54.9 Å². The van der Waals surface area contributed by atoms with E-state index in [0.29, 0.717) is 18.4 Å². The van der Waals surface area contributed by atoms with Gasteiger partial charge in [0.15, 0.2) is 0 Å². The Kier molecular flexibility index (Phi) is 5.63. The number of pyridine rings is 1. The van der Waals surface area contributed by atoms with Crippen LogP contribution in [-0.4, -0.2) is 28.9 Å². The molecule has 3 heteroatoms. The van der Waals surface area contributed by atoms with Gasteiger partial charge in [0.2, 0.25) is 5.91 Å². The van der Waals surface area contributed by atoms with E-state index < -0.39 is 0 Å². The molecule has 1 aliphatic carbocycles. The SMILES string of the molecule is CN(C(=O)CCc1cccnc1)C1CCC(c2ccccc2)CC1. The van der Waals surface area contributed by atoms with E-state index in [1.54, 1.807) is 6.20 Å². The summed E-state index contributed by atoms with van der Waals surface area (Å²) in [7, 11) is 1.97. The zero-order valence-electron chi connectivity index (χ0n) is 14.4. The highest BCUT2D eigenvalue weighted by molar-refractivity contribution is 5.76. The summed E-state index contributed by atoms with van der Waals surface area (Å²) in [6.45, 7) is 0. The molecule has 1 saturated carbocycles. The molecule has 3 nitrogen and oxygen atoms in total. The third-order valence-electron chi connectivity index (χ3n) is 5.26. The molecule has 126 valence electrons. The maximum absolute atomic E-state index is 12.5. The molecule has 0 radical (unpaired) electrons. The summed E-state index contributed by atoms with van der Waals surface area (Å²) in [4.78, 5) is 18.6. The molecule has 0 spiro atoms. The van der Waals surface area contributed by atoms with Crippen LogP contribution in [0.4, 0.5) is 0 Å². The first-order valence-electron chi connectivity index (χ1n) is 8.93. The van der Waals surface area contributed by atoms with E-state index in [4.69, 9.17) is 0 Å². The third kappa shape index (κ3) is 4.22. The van der Waals surface area contributed by atoms with Gasteiger partial charge in [0.25, 0.3) is 0 Å². The van der Waals surface area contributed by atoms with Crippen LogP contribution in [0, 0.1) is 0 Å². The fourth-order valence-electron chi connectivity index (χ4n) is 3.70. The number of carbonyl (C=O) groups is 1. The molecule has 1 heterocycles. The molecule has 0 bridgehead atoms. The van der Waals surface area contributed by atoms with Gasteiger partial charge in [-0.05, 0) is 55.2 Å². The standard InChI is InChI=1S/C21H26N2O/c1-23(21(24)14-9-17-6-5-15-22-16-17)20-12-10-19(11-13-20)18-7-3-2-4-8-18/h2-8,15-16,19-20H,9-14H2,1H3. The van der Waals surface area contributed by atoms with Gasteiger partial charge in [-0.3, -0.25) is 9.78 Å². The Hall–Kier alpha value is -2.16. The summed E-state index contributed by atoms with van der Waals surface area (Å²) in [6, 6.07) is 15.1. The minimum absolute atomic E-state index is 0.252. The Morgan fingerprint density at radius 3 is 2.50 bits per heavy atom. The zero-order chi connectivity index (χ0) is 16.8. The molecular formula is C21H26N2O. The predicted octanol–water partition coefficient (Wildman–Crippen LogP) is 4.20. The van der Waals surface area contributed by atoms with Crippen LogP contribution in [0.3, 0.4) is 0 Å². The number of hydrogen-bond acceptors (Lipinski definition) is 2. The Morgan fingerprint density at radius 2 is 1.83 bits per heavy atom. The van der Waals surface area contributed by atoms with E-state index in [1.165, 1.54) is 18.4 Å². The van der Waals surface area contributed by atoms with Gasteiger partial charge in [0.05, 0.1) is 0 Å². The lowest BCUT2D eigenvalue weighted by molar-refractivity contribution is -0.132. The van der Waals surface area contributed by atoms with Crippen molar-refractivity contribution in [3.63, 3.8) is 0 Å². The summed E-state index contributed by atoms with van der Waals surface area (Å²) < 4.78 is 0. The van der Waals surface area contributed by atoms with Crippen molar-refractivity contribution in [1.29, 1.82) is 0 Å². The van der Waals surface area contributed by atoms with Crippen LogP contribution in [-0.2, 0) is 11.2 Å². The average Bonchev–Trinajstić information content (AvgIpc) is 2.67. The van der Waals surface area contributed by atoms with Gasteiger partial charge in [-0.25, -0.2) is 0 Å². The number of nitrogens with zero attached hydrogens (tertiary/aromatic N) is 2. The molecule has 0 saturated heterocycles. The fraction of sp³-hybridized carbons (Fsp3) is 0.429. The zero-order valence-corrected chi connectivity index (χ0v) is 14.4. The second-order valence-corrected chi connectivity index (χ2v) is 6.78. The van der Waals surface area contributed by atoms with Crippen molar-refractivity contribution in [2.45, 2.75) is 50.5 Å². The largest absolute Gasteiger partial charge is 0.343 e. The quantitative estimate of drug-likeness (QED) is 0.826. The minimum Gasteiger partial charge on any atom is -0.343 e. The molecular weight excluding hydrogens is 296 g/mol. The van der Waals surface area contributed by atoms with Gasteiger partial charge < -0.3 is 4.90 Å². The minimum atomic E-state index is 0.252. The normalized spacial score (nSPS) is 20.5. The van der Waals surface area contributed by atoms with Crippen LogP contribution in [0.5, 0.6) is 0 Å². The maximum atomic E-state index is 12.5. The molecule has 1 aromatic heterocycles. The molecule has 0 aliphatic heterocycles. The predicted molar refractivity (Wildman–Crippen MR) is 96.8 cm³/mol. The highest BCUT2D eigenvalue weighted by Gasteiger charge is 2.26. The van der Waals surface area contributed by atoms with Crippen LogP contribution < -0.4 is 0 Å². The molecule has 1 aromatic carbocycles. The Balaban J connectivity index is 1.47. The smallest absolute Gasteiger partial charge is 0.222 e. The van der Waals surface area contributed by atoms with Crippen molar-refractivity contribution in [3.05, 3.63) is 66.0 Å². The lowest BCUT2D eigenvalue weighted by Gasteiger charge is -2.35. The van der Waals surface area contributed by atoms with Crippen molar-refractivity contribution < 1.29 is 4.79 Å². The van der Waals surface area contributed by atoms with Crippen LogP contribution in [0.25, 0.3) is 0 Å². The number of aromatic nitrogens is 1. The van der Waals surface area contributed by atoms with Crippen LogP contribution in [0.1, 0.15) is 49.1 Å². The van der Waals surface area contributed by atoms with Gasteiger partial charge in [-0.15, -0.1) is 0 Å². The summed E-state index contributed by atoms with van der Waals surface area (Å²) >= 11 is 0. The molecule has 1 aliphatic rings. The summed E-state index contributed by atoms with van der Waals surface area (Å²) in [5, 5.41) is 0. The van der Waals surface area contributed by atoms with Gasteiger partial charge in [0, 0.05) is 31.9 Å². The molecule has 24 heavy (non-hydrogen) atoms. The fourth-order valence-corrected chi connectivity index (χ4v) is 3.70. The van der Waals surface area contributed by atoms with E-state index in [-0.39, 0.29) is 5.91 Å². The van der Waals surface area contributed by atoms with Crippen molar-refractivity contribution in [3.8, 4) is 0 Å². The van der Waals surface area contributed by atoms with E-state index in [0.717, 1.165) is 24.8 Å². The Bertz CT molecular complexity index is 633. The van der Waals surface area contributed by atoms with Crippen molar-refractivity contribution in [1.82, 2.24) is 9.88 Å². The number of carbonyl (C=O) groups excluding carboxylic acids is 1. The molecule has 2 aromatic rings. The van der Waals surface area contributed by atoms with Crippen molar-refractivity contribution in [2.24, 2.45) is 0 Å². The average molecular weight is 322 g/mol. The lowest BCUT2D eigenvalue weighted by Crippen LogP contribution is -2.39. The first kappa shape index (κ1) is 16.7. The maximum Gasteiger partial charge on any atom is 0.222 e. The second-order valence-electron chi connectivity index (χ2n) is 6.78. The van der Waals surface area contributed by atoms with E-state index >= 15 is 0 Å². The number of aryl methyl sites for hydroxylation is 1. The monoisotopic (exact) mass is 322 g/mol. The Labute approximate surface area is 144 Å². The topological polar surface area (TPSA) is 33.2 Å². The van der Waals surface area contributed by atoms with Gasteiger partial charge in [-0.1, -0.05) is 36.4 Å². The number of rotatable bonds is 5. The first-order valence-corrected chi connectivity index (χ1v) is 8.93. The second kappa shape index (κ2) is 8.09. The molecule has 1 amide bonds. The third-order valence-corrected chi connectivity index (χ3v) is 5.26. The van der Waals surface area contributed by atoms with Crippen LogP contribution >= 0.6 is 0 Å². The van der Waals surface area contributed by atoms with Crippen LogP contribution in [0.2, 0.25) is 0 Å². The molecule has 0 unspecified atom stereocenters. The molecule has 3 rings (SSSR count). The molecule has 1 fully saturated rings. The van der Waals surface area contributed by atoms with Crippen molar-refractivity contribution in [2.75, 3.05) is 7.05 Å².